The van der Waals surface area contributed by atoms with Gasteiger partial charge in [0.25, 0.3) is 0 Å². The number of hydrogen-bond acceptors (Lipinski definition) is 2. The molecule has 2 heterocycles. The van der Waals surface area contributed by atoms with Crippen LogP contribution in [0.1, 0.15) is 11.4 Å². The summed E-state index contributed by atoms with van der Waals surface area (Å²) in [6, 6.07) is 9.93. The highest BCUT2D eigenvalue weighted by atomic mass is 35.5. The van der Waals surface area contributed by atoms with E-state index < -0.39 is 0 Å². The second-order valence-corrected chi connectivity index (χ2v) is 5.26. The van der Waals surface area contributed by atoms with Gasteiger partial charge in [-0.15, -0.1) is 0 Å². The van der Waals surface area contributed by atoms with Gasteiger partial charge in [0.05, 0.1) is 5.69 Å². The number of aromatic amines is 1. The number of rotatable bonds is 3. The van der Waals surface area contributed by atoms with Crippen LogP contribution in [0.4, 0.5) is 0 Å². The molecule has 0 fully saturated rings. The fraction of sp³-hybridized carbons (Fsp3) is 0.0714. The van der Waals surface area contributed by atoms with Crippen molar-refractivity contribution in [2.75, 3.05) is 0 Å². The largest absolute Gasteiger partial charge is 0.348 e. The minimum atomic E-state index is 0.761. The molecule has 4 heteroatoms. The monoisotopic (exact) mass is 274 g/mol. The molecule has 0 aliphatic heterocycles. The van der Waals surface area contributed by atoms with Crippen molar-refractivity contribution >= 4 is 22.9 Å². The first-order valence-electron chi connectivity index (χ1n) is 5.62. The van der Waals surface area contributed by atoms with E-state index in [9.17, 15) is 0 Å². The molecular formula is C14H11ClN2S. The minimum absolute atomic E-state index is 0.761. The summed E-state index contributed by atoms with van der Waals surface area (Å²) >= 11 is 7.54. The quantitative estimate of drug-likeness (QED) is 0.754. The van der Waals surface area contributed by atoms with E-state index in [4.69, 9.17) is 11.6 Å². The average molecular weight is 275 g/mol. The summed E-state index contributed by atoms with van der Waals surface area (Å²) in [5.74, 6) is 0.971. The number of thiophene rings is 1. The van der Waals surface area contributed by atoms with E-state index in [-0.39, 0.29) is 0 Å². The lowest BCUT2D eigenvalue weighted by molar-refractivity contribution is 1.03. The Morgan fingerprint density at radius 1 is 1.17 bits per heavy atom. The Kier molecular flexibility index (Phi) is 3.17. The van der Waals surface area contributed by atoms with Crippen LogP contribution in [0.3, 0.4) is 0 Å². The zero-order valence-corrected chi connectivity index (χ0v) is 11.1. The first-order chi connectivity index (χ1) is 8.81. The lowest BCUT2D eigenvalue weighted by atomic mass is 10.1. The molecule has 0 aliphatic rings. The first kappa shape index (κ1) is 11.5. The molecular weight excluding hydrogens is 264 g/mol. The third-order valence-corrected chi connectivity index (χ3v) is 3.67. The van der Waals surface area contributed by atoms with Gasteiger partial charge < -0.3 is 4.98 Å². The number of benzene rings is 1. The van der Waals surface area contributed by atoms with Gasteiger partial charge in [0.15, 0.2) is 0 Å². The third-order valence-electron chi connectivity index (χ3n) is 2.73. The Labute approximate surface area is 114 Å². The van der Waals surface area contributed by atoms with E-state index in [0.29, 0.717) is 0 Å². The summed E-state index contributed by atoms with van der Waals surface area (Å²) in [6.07, 6.45) is 2.74. The van der Waals surface area contributed by atoms with Gasteiger partial charge in [-0.05, 0) is 29.1 Å². The second kappa shape index (κ2) is 4.96. The molecule has 1 aromatic carbocycles. The average Bonchev–Trinajstić information content (AvgIpc) is 3.02. The summed E-state index contributed by atoms with van der Waals surface area (Å²) in [4.78, 5) is 7.81. The van der Waals surface area contributed by atoms with Gasteiger partial charge in [0.1, 0.15) is 5.82 Å². The predicted octanol–water partition coefficient (Wildman–Crippen LogP) is 4.38. The van der Waals surface area contributed by atoms with Crippen molar-refractivity contribution in [3.63, 3.8) is 0 Å². The molecule has 18 heavy (non-hydrogen) atoms. The van der Waals surface area contributed by atoms with Crippen molar-refractivity contribution < 1.29 is 0 Å². The summed E-state index contributed by atoms with van der Waals surface area (Å²) in [5.41, 5.74) is 3.37. The Morgan fingerprint density at radius 3 is 2.72 bits per heavy atom. The Hall–Kier alpha value is -1.58. The maximum atomic E-state index is 5.86. The van der Waals surface area contributed by atoms with Crippen LogP contribution in [0, 0.1) is 0 Å². The van der Waals surface area contributed by atoms with Gasteiger partial charge in [-0.3, -0.25) is 0 Å². The van der Waals surface area contributed by atoms with Crippen molar-refractivity contribution in [1.29, 1.82) is 0 Å². The van der Waals surface area contributed by atoms with Gasteiger partial charge >= 0.3 is 0 Å². The highest BCUT2D eigenvalue weighted by molar-refractivity contribution is 7.08. The molecule has 0 spiro atoms. The number of nitrogens with zero attached hydrogens (tertiary/aromatic N) is 1. The van der Waals surface area contributed by atoms with Crippen LogP contribution in [0.15, 0.2) is 47.3 Å². The summed E-state index contributed by atoms with van der Waals surface area (Å²) in [5, 5.41) is 4.92. The Morgan fingerprint density at radius 2 is 2.00 bits per heavy atom. The topological polar surface area (TPSA) is 28.7 Å². The number of imidazole rings is 1. The van der Waals surface area contributed by atoms with Crippen molar-refractivity contribution in [2.24, 2.45) is 0 Å². The molecule has 0 radical (unpaired) electrons. The molecule has 0 saturated heterocycles. The highest BCUT2D eigenvalue weighted by Crippen LogP contribution is 2.20. The number of hydrogen-bond donors (Lipinski definition) is 1. The van der Waals surface area contributed by atoms with Crippen LogP contribution in [-0.2, 0) is 6.42 Å². The van der Waals surface area contributed by atoms with Crippen molar-refractivity contribution in [1.82, 2.24) is 9.97 Å². The van der Waals surface area contributed by atoms with Gasteiger partial charge in [0, 0.05) is 28.6 Å². The summed E-state index contributed by atoms with van der Waals surface area (Å²) < 4.78 is 0. The van der Waals surface area contributed by atoms with Crippen LogP contribution < -0.4 is 0 Å². The zero-order valence-electron chi connectivity index (χ0n) is 9.56. The molecule has 90 valence electrons. The lowest BCUT2D eigenvalue weighted by Crippen LogP contribution is -1.90. The van der Waals surface area contributed by atoms with Gasteiger partial charge in [-0.25, -0.2) is 4.98 Å². The molecule has 0 saturated carbocycles. The van der Waals surface area contributed by atoms with E-state index in [0.717, 1.165) is 23.0 Å². The van der Waals surface area contributed by atoms with Crippen LogP contribution >= 0.6 is 22.9 Å². The van der Waals surface area contributed by atoms with Crippen LogP contribution in [0.25, 0.3) is 11.3 Å². The lowest BCUT2D eigenvalue weighted by Gasteiger charge is -1.98. The van der Waals surface area contributed by atoms with Crippen LogP contribution in [0.5, 0.6) is 0 Å². The molecule has 0 aliphatic carbocycles. The molecule has 3 aromatic rings. The molecule has 2 aromatic heterocycles. The maximum Gasteiger partial charge on any atom is 0.111 e. The van der Waals surface area contributed by atoms with Crippen LogP contribution in [0.2, 0.25) is 5.02 Å². The van der Waals surface area contributed by atoms with Crippen molar-refractivity contribution in [3.05, 3.63) is 63.7 Å². The van der Waals surface area contributed by atoms with Gasteiger partial charge in [0.2, 0.25) is 0 Å². The third kappa shape index (κ3) is 2.47. The Balaban J connectivity index is 1.80. The smallest absolute Gasteiger partial charge is 0.111 e. The van der Waals surface area contributed by atoms with Crippen molar-refractivity contribution in [3.8, 4) is 11.3 Å². The molecule has 0 bridgehead atoms. The van der Waals surface area contributed by atoms with E-state index in [1.165, 1.54) is 11.1 Å². The molecule has 0 amide bonds. The number of halogens is 1. The molecule has 2 nitrogen and oxygen atoms in total. The number of nitrogens with one attached hydrogen (secondary N) is 1. The van der Waals surface area contributed by atoms with Gasteiger partial charge in [-0.2, -0.15) is 11.3 Å². The molecule has 0 atom stereocenters. The Bertz CT molecular complexity index is 626. The normalized spacial score (nSPS) is 10.7. The fourth-order valence-corrected chi connectivity index (χ4v) is 2.58. The van der Waals surface area contributed by atoms with Gasteiger partial charge in [-0.1, -0.05) is 23.7 Å². The fourth-order valence-electron chi connectivity index (χ4n) is 1.81. The molecule has 0 unspecified atom stereocenters. The molecule has 3 rings (SSSR count). The number of aromatic nitrogens is 2. The highest BCUT2D eigenvalue weighted by Gasteiger charge is 2.05. The molecule has 1 N–H and O–H groups in total. The maximum absolute atomic E-state index is 5.86. The minimum Gasteiger partial charge on any atom is -0.348 e. The van der Waals surface area contributed by atoms with E-state index in [2.05, 4.69) is 26.8 Å². The summed E-state index contributed by atoms with van der Waals surface area (Å²) in [7, 11) is 0. The van der Waals surface area contributed by atoms with E-state index >= 15 is 0 Å². The number of H-pyrrole nitrogens is 1. The SMILES string of the molecule is Clc1ccc(Cc2nc(-c3ccsc3)c[nH]2)cc1. The first-order valence-corrected chi connectivity index (χ1v) is 6.94. The van der Waals surface area contributed by atoms with E-state index in [1.807, 2.05) is 30.5 Å². The standard InChI is InChI=1S/C14H11ClN2S/c15-12-3-1-10(2-4-12)7-14-16-8-13(17-14)11-5-6-18-9-11/h1-6,8-9H,7H2,(H,16,17). The summed E-state index contributed by atoms with van der Waals surface area (Å²) in [6.45, 7) is 0. The predicted molar refractivity (Wildman–Crippen MR) is 76.2 cm³/mol. The van der Waals surface area contributed by atoms with Crippen molar-refractivity contribution in [2.45, 2.75) is 6.42 Å². The van der Waals surface area contributed by atoms with Crippen LogP contribution in [-0.4, -0.2) is 9.97 Å². The van der Waals surface area contributed by atoms with E-state index in [1.54, 1.807) is 11.3 Å². The second-order valence-electron chi connectivity index (χ2n) is 4.05. The zero-order chi connectivity index (χ0) is 12.4.